The van der Waals surface area contributed by atoms with Gasteiger partial charge in [0.25, 0.3) is 0 Å². The van der Waals surface area contributed by atoms with Crippen LogP contribution in [0.5, 0.6) is 11.5 Å². The molecule has 6 nitrogen and oxygen atoms in total. The smallest absolute Gasteiger partial charge is 0.231 e. The molecule has 2 rings (SSSR count). The first kappa shape index (κ1) is 14.3. The molecule has 1 atom stereocenters. The number of aromatic nitrogens is 2. The van der Waals surface area contributed by atoms with Crippen LogP contribution in [-0.2, 0) is 12.8 Å². The Morgan fingerprint density at radius 1 is 1.25 bits per heavy atom. The van der Waals surface area contributed by atoms with Gasteiger partial charge in [-0.1, -0.05) is 11.2 Å². The van der Waals surface area contributed by atoms with Crippen LogP contribution in [0.25, 0.3) is 0 Å². The van der Waals surface area contributed by atoms with E-state index in [2.05, 4.69) is 10.1 Å². The van der Waals surface area contributed by atoms with Crippen molar-refractivity contribution in [1.29, 1.82) is 0 Å². The number of ether oxygens (including phenoxy) is 2. The molecule has 0 aliphatic rings. The average molecular weight is 277 g/mol. The molecule has 0 bridgehead atoms. The molecule has 6 heteroatoms. The molecule has 0 saturated carbocycles. The summed E-state index contributed by atoms with van der Waals surface area (Å²) in [6.07, 6.45) is 1.15. The van der Waals surface area contributed by atoms with E-state index < -0.39 is 0 Å². The third-order valence-corrected chi connectivity index (χ3v) is 2.82. The summed E-state index contributed by atoms with van der Waals surface area (Å²) in [5, 5.41) is 3.91. The third-order valence-electron chi connectivity index (χ3n) is 2.82. The SMILES string of the molecule is COc1ccc(Cc2nc(CC(C)N)no2)cc1OC. The van der Waals surface area contributed by atoms with Gasteiger partial charge in [-0.15, -0.1) is 0 Å². The minimum Gasteiger partial charge on any atom is -0.493 e. The van der Waals surface area contributed by atoms with E-state index in [-0.39, 0.29) is 6.04 Å². The van der Waals surface area contributed by atoms with Crippen LogP contribution in [0, 0.1) is 0 Å². The first-order valence-electron chi connectivity index (χ1n) is 6.40. The lowest BCUT2D eigenvalue weighted by Gasteiger charge is -2.08. The monoisotopic (exact) mass is 277 g/mol. The highest BCUT2D eigenvalue weighted by Crippen LogP contribution is 2.28. The average Bonchev–Trinajstić information content (AvgIpc) is 2.85. The van der Waals surface area contributed by atoms with Gasteiger partial charge in [0.2, 0.25) is 5.89 Å². The van der Waals surface area contributed by atoms with Crippen molar-refractivity contribution in [3.63, 3.8) is 0 Å². The maximum absolute atomic E-state index is 5.70. The summed E-state index contributed by atoms with van der Waals surface area (Å²) >= 11 is 0. The highest BCUT2D eigenvalue weighted by atomic mass is 16.5. The van der Waals surface area contributed by atoms with Crippen molar-refractivity contribution >= 4 is 0 Å². The topological polar surface area (TPSA) is 83.4 Å². The number of rotatable bonds is 6. The summed E-state index contributed by atoms with van der Waals surface area (Å²) in [7, 11) is 3.21. The second-order valence-electron chi connectivity index (χ2n) is 4.65. The summed E-state index contributed by atoms with van der Waals surface area (Å²) in [5.74, 6) is 2.57. The summed E-state index contributed by atoms with van der Waals surface area (Å²) < 4.78 is 15.7. The molecule has 1 aromatic heterocycles. The molecule has 1 aromatic carbocycles. The highest BCUT2D eigenvalue weighted by molar-refractivity contribution is 5.43. The minimum absolute atomic E-state index is 0.0153. The second-order valence-corrected chi connectivity index (χ2v) is 4.65. The van der Waals surface area contributed by atoms with Gasteiger partial charge >= 0.3 is 0 Å². The highest BCUT2D eigenvalue weighted by Gasteiger charge is 2.11. The van der Waals surface area contributed by atoms with E-state index in [0.29, 0.717) is 36.1 Å². The molecule has 1 unspecified atom stereocenters. The Morgan fingerprint density at radius 2 is 2.00 bits per heavy atom. The van der Waals surface area contributed by atoms with E-state index >= 15 is 0 Å². The second kappa shape index (κ2) is 6.38. The zero-order valence-electron chi connectivity index (χ0n) is 11.9. The molecule has 20 heavy (non-hydrogen) atoms. The van der Waals surface area contributed by atoms with E-state index in [9.17, 15) is 0 Å². The molecule has 0 saturated heterocycles. The number of benzene rings is 1. The molecular formula is C14H19N3O3. The lowest BCUT2D eigenvalue weighted by molar-refractivity contribution is 0.354. The van der Waals surface area contributed by atoms with Crippen molar-refractivity contribution in [2.45, 2.75) is 25.8 Å². The van der Waals surface area contributed by atoms with Crippen LogP contribution >= 0.6 is 0 Å². The molecule has 0 radical (unpaired) electrons. The Labute approximate surface area is 117 Å². The van der Waals surface area contributed by atoms with Gasteiger partial charge in [-0.25, -0.2) is 0 Å². The predicted octanol–water partition coefficient (Wildman–Crippen LogP) is 1.57. The number of nitrogens with two attached hydrogens (primary N) is 1. The van der Waals surface area contributed by atoms with Crippen molar-refractivity contribution < 1.29 is 14.0 Å². The first-order valence-corrected chi connectivity index (χ1v) is 6.40. The largest absolute Gasteiger partial charge is 0.493 e. The van der Waals surface area contributed by atoms with Crippen molar-refractivity contribution in [3.05, 3.63) is 35.5 Å². The Morgan fingerprint density at radius 3 is 2.65 bits per heavy atom. The van der Waals surface area contributed by atoms with Gasteiger partial charge in [0, 0.05) is 12.5 Å². The van der Waals surface area contributed by atoms with Crippen molar-refractivity contribution in [1.82, 2.24) is 10.1 Å². The van der Waals surface area contributed by atoms with Crippen LogP contribution in [0.1, 0.15) is 24.2 Å². The fraction of sp³-hybridized carbons (Fsp3) is 0.429. The van der Waals surface area contributed by atoms with Gasteiger partial charge in [0.05, 0.1) is 20.6 Å². The summed E-state index contributed by atoms with van der Waals surface area (Å²) in [6, 6.07) is 5.71. The van der Waals surface area contributed by atoms with Gasteiger partial charge in [0.1, 0.15) is 0 Å². The van der Waals surface area contributed by atoms with E-state index in [0.717, 1.165) is 5.56 Å². The zero-order chi connectivity index (χ0) is 14.5. The van der Waals surface area contributed by atoms with Crippen LogP contribution in [-0.4, -0.2) is 30.4 Å². The van der Waals surface area contributed by atoms with E-state index in [4.69, 9.17) is 19.7 Å². The van der Waals surface area contributed by atoms with Crippen molar-refractivity contribution in [3.8, 4) is 11.5 Å². The standard InChI is InChI=1S/C14H19N3O3/c1-9(15)6-13-16-14(20-17-13)8-10-4-5-11(18-2)12(7-10)19-3/h4-5,7,9H,6,8,15H2,1-3H3. The Hall–Kier alpha value is -2.08. The fourth-order valence-electron chi connectivity index (χ4n) is 1.90. The molecule has 2 N–H and O–H groups in total. The number of hydrogen-bond acceptors (Lipinski definition) is 6. The molecular weight excluding hydrogens is 258 g/mol. The number of hydrogen-bond donors (Lipinski definition) is 1. The maximum atomic E-state index is 5.70. The Balaban J connectivity index is 2.11. The lowest BCUT2D eigenvalue weighted by Crippen LogP contribution is -2.18. The molecule has 108 valence electrons. The Kier molecular flexibility index (Phi) is 4.57. The van der Waals surface area contributed by atoms with Gasteiger partial charge in [-0.05, 0) is 24.6 Å². The normalized spacial score (nSPS) is 12.2. The molecule has 0 fully saturated rings. The van der Waals surface area contributed by atoms with Crippen molar-refractivity contribution in [2.24, 2.45) is 5.73 Å². The third kappa shape index (κ3) is 3.48. The van der Waals surface area contributed by atoms with Crippen LogP contribution in [0.2, 0.25) is 0 Å². The van der Waals surface area contributed by atoms with E-state index in [1.54, 1.807) is 14.2 Å². The number of nitrogens with zero attached hydrogens (tertiary/aromatic N) is 2. The van der Waals surface area contributed by atoms with E-state index in [1.807, 2.05) is 25.1 Å². The van der Waals surface area contributed by atoms with Crippen LogP contribution < -0.4 is 15.2 Å². The summed E-state index contributed by atoms with van der Waals surface area (Å²) in [5.41, 5.74) is 6.72. The van der Waals surface area contributed by atoms with Crippen LogP contribution in [0.15, 0.2) is 22.7 Å². The fourth-order valence-corrected chi connectivity index (χ4v) is 1.90. The van der Waals surface area contributed by atoms with Crippen LogP contribution in [0.3, 0.4) is 0 Å². The van der Waals surface area contributed by atoms with E-state index in [1.165, 1.54) is 0 Å². The molecule has 0 spiro atoms. The molecule has 1 heterocycles. The first-order chi connectivity index (χ1) is 9.62. The summed E-state index contributed by atoms with van der Waals surface area (Å²) in [6.45, 7) is 1.91. The molecule has 0 aliphatic carbocycles. The zero-order valence-corrected chi connectivity index (χ0v) is 11.9. The summed E-state index contributed by atoms with van der Waals surface area (Å²) in [4.78, 5) is 4.31. The van der Waals surface area contributed by atoms with Gasteiger partial charge in [0.15, 0.2) is 17.3 Å². The lowest BCUT2D eigenvalue weighted by atomic mass is 10.1. The van der Waals surface area contributed by atoms with Crippen LogP contribution in [0.4, 0.5) is 0 Å². The quantitative estimate of drug-likeness (QED) is 0.862. The van der Waals surface area contributed by atoms with Crippen molar-refractivity contribution in [2.75, 3.05) is 14.2 Å². The molecule has 2 aromatic rings. The maximum Gasteiger partial charge on any atom is 0.231 e. The molecule has 0 aliphatic heterocycles. The van der Waals surface area contributed by atoms with Gasteiger partial charge < -0.3 is 19.7 Å². The number of methoxy groups -OCH3 is 2. The molecule has 0 amide bonds. The minimum atomic E-state index is 0.0153. The van der Waals surface area contributed by atoms with Gasteiger partial charge in [-0.3, -0.25) is 0 Å². The van der Waals surface area contributed by atoms with Gasteiger partial charge in [-0.2, -0.15) is 4.98 Å². The predicted molar refractivity (Wildman–Crippen MR) is 74.0 cm³/mol. The Bertz CT molecular complexity index is 567.